The zero-order valence-electron chi connectivity index (χ0n) is 51.5. The van der Waals surface area contributed by atoms with Crippen LogP contribution in [0.3, 0.4) is 0 Å². The Morgan fingerprint density at radius 3 is 1.92 bits per heavy atom. The van der Waals surface area contributed by atoms with Crippen LogP contribution < -0.4 is 14.5 Å². The molecule has 1 aliphatic heterocycles. The molecule has 2 saturated carbocycles. The van der Waals surface area contributed by atoms with Crippen LogP contribution in [-0.2, 0) is 26.5 Å². The number of rotatable bonds is 8. The zero-order valence-corrected chi connectivity index (χ0v) is 38.8. The van der Waals surface area contributed by atoms with Crippen LogP contribution >= 0.6 is 0 Å². The maximum Gasteiger partial charge on any atom is 0.135 e. The second kappa shape index (κ2) is 16.8. The normalized spacial score (nSPS) is 22.0. The molecule has 2 unspecified atom stereocenters. The summed E-state index contributed by atoms with van der Waals surface area (Å²) in [6.07, 6.45) is 4.27. The molecule has 3 fully saturated rings. The number of anilines is 2. The van der Waals surface area contributed by atoms with Crippen molar-refractivity contribution in [1.82, 2.24) is 9.55 Å². The number of aryl methyl sites for hydroxylation is 1. The van der Waals surface area contributed by atoms with Crippen molar-refractivity contribution in [3.8, 4) is 50.7 Å². The van der Waals surface area contributed by atoms with Crippen LogP contribution in [0.15, 0.2) is 170 Å². The number of pyridine rings is 1. The van der Waals surface area contributed by atoms with Gasteiger partial charge in [0.15, 0.2) is 0 Å². The molecule has 0 spiro atoms. The predicted octanol–water partition coefficient (Wildman–Crippen LogP) is 14.8. The Balaban J connectivity index is 0.00000690. The van der Waals surface area contributed by atoms with Crippen molar-refractivity contribution in [3.63, 3.8) is 0 Å². The summed E-state index contributed by atoms with van der Waals surface area (Å²) in [7, 11) is 0. The van der Waals surface area contributed by atoms with Gasteiger partial charge in [-0.3, -0.25) is 0 Å². The minimum absolute atomic E-state index is 0. The number of ether oxygens (including phenoxy) is 1. The van der Waals surface area contributed by atoms with Crippen LogP contribution in [0, 0.1) is 37.6 Å². The molecule has 9 aromatic rings. The fourth-order valence-corrected chi connectivity index (χ4v) is 10.5. The summed E-state index contributed by atoms with van der Waals surface area (Å²) in [5, 5.41) is 1.80. The largest absolute Gasteiger partial charge is 0.519 e. The van der Waals surface area contributed by atoms with Crippen LogP contribution in [0.4, 0.5) is 11.4 Å². The van der Waals surface area contributed by atoms with Crippen molar-refractivity contribution in [2.75, 3.05) is 9.80 Å². The van der Waals surface area contributed by atoms with Gasteiger partial charge in [0.05, 0.1) is 20.6 Å². The van der Waals surface area contributed by atoms with Gasteiger partial charge in [0, 0.05) is 78.7 Å². The Morgan fingerprint density at radius 1 is 0.667 bits per heavy atom. The maximum atomic E-state index is 9.18. The van der Waals surface area contributed by atoms with Gasteiger partial charge in [-0.15, -0.1) is 47.0 Å². The third kappa shape index (κ3) is 7.24. The maximum absolute atomic E-state index is 9.18. The molecule has 330 valence electrons. The first-order valence-electron chi connectivity index (χ1n) is 29.4. The van der Waals surface area contributed by atoms with Crippen LogP contribution in [0.5, 0.6) is 11.5 Å². The Labute approximate surface area is 424 Å². The van der Waals surface area contributed by atoms with E-state index in [1.807, 2.05) is 71.6 Å². The summed E-state index contributed by atoms with van der Waals surface area (Å²) in [5.41, 5.74) is 4.51. The van der Waals surface area contributed by atoms with E-state index in [1.54, 1.807) is 18.2 Å². The van der Waals surface area contributed by atoms with Crippen LogP contribution in [-0.4, -0.2) is 21.6 Å². The van der Waals surface area contributed by atoms with Gasteiger partial charge in [-0.05, 0) is 83.2 Å². The summed E-state index contributed by atoms with van der Waals surface area (Å²) in [5.74, 6) is 1.64. The molecule has 3 heterocycles. The summed E-state index contributed by atoms with van der Waals surface area (Å²) in [6, 6.07) is 22.3. The molecule has 5 nitrogen and oxygen atoms in total. The molecule has 4 atom stereocenters. The summed E-state index contributed by atoms with van der Waals surface area (Å²) >= 11 is 0. The minimum atomic E-state index is -0.555. The number of nitrogens with zero attached hydrogens (tertiary/aromatic N) is 4. The van der Waals surface area contributed by atoms with Crippen LogP contribution in [0.25, 0.3) is 61.0 Å². The molecule has 2 bridgehead atoms. The van der Waals surface area contributed by atoms with E-state index in [9.17, 15) is 5.48 Å². The average molecular weight is 1050 g/mol. The van der Waals surface area contributed by atoms with E-state index in [0.717, 1.165) is 41.1 Å². The Kier molecular flexibility index (Phi) is 7.27. The molecular formula is C60H51N4OPt-3. The first-order chi connectivity index (χ1) is 38.0. The van der Waals surface area contributed by atoms with Gasteiger partial charge < -0.3 is 19.1 Å². The van der Waals surface area contributed by atoms with Gasteiger partial charge in [0.1, 0.15) is 5.82 Å². The number of aromatic nitrogens is 2. The van der Waals surface area contributed by atoms with E-state index in [1.165, 1.54) is 6.20 Å². The van der Waals surface area contributed by atoms with Crippen molar-refractivity contribution in [3.05, 3.63) is 200 Å². The predicted molar refractivity (Wildman–Crippen MR) is 267 cm³/mol. The number of hydrogen-bond donors (Lipinski definition) is 0. The van der Waals surface area contributed by atoms with Gasteiger partial charge in [0.2, 0.25) is 0 Å². The molecule has 0 radical (unpaired) electrons. The number of para-hydroxylation sites is 2. The topological polar surface area (TPSA) is 33.5 Å². The van der Waals surface area contributed by atoms with Crippen molar-refractivity contribution in [1.29, 1.82) is 0 Å². The number of hydrogen-bond acceptors (Lipinski definition) is 4. The molecule has 2 aromatic heterocycles. The molecule has 2 aliphatic carbocycles. The van der Waals surface area contributed by atoms with Gasteiger partial charge >= 0.3 is 0 Å². The molecule has 0 N–H and O–H groups in total. The molecule has 66 heavy (non-hydrogen) atoms. The standard InChI is InChI=1S/C60H51N4O.Pt/c1-39-31-56(61-37-53(39)42-21-12-7-13-22-42)64-54-26-15-14-23-51(54)52-30-29-47(36-55(52)64)65-48-34-45(60(2,3)4)33-46(35-48)62-38-63(58-44-28-27-43(32-44)57(58)62)59-49(40-17-8-5-9-18-40)24-16-25-50(59)41-19-10-6-11-20-41;/h5-26,29-31,33-34,37-38,43-44,57-58H,27-28,32H2,1-4H3;/q-3;/t43-,44?,57+,58?;/m1./s1/i5D,6D,7D,8D,9D,10D,11D,12D,13D,17D,18D,19D,20D,21D,22D;. The summed E-state index contributed by atoms with van der Waals surface area (Å²) in [4.78, 5) is 9.07. The van der Waals surface area contributed by atoms with E-state index in [2.05, 4.69) is 43.9 Å². The molecule has 6 heteroatoms. The second-order valence-corrected chi connectivity index (χ2v) is 18.2. The van der Waals surface area contributed by atoms with E-state index >= 15 is 0 Å². The fraction of sp³-hybridized carbons (Fsp3) is 0.200. The zero-order chi connectivity index (χ0) is 56.9. The smallest absolute Gasteiger partial charge is 0.135 e. The van der Waals surface area contributed by atoms with Gasteiger partial charge in [-0.25, -0.2) is 4.98 Å². The molecule has 7 aromatic carbocycles. The number of benzene rings is 7. The average Bonchev–Trinajstić information content (AvgIpc) is 2.55. The monoisotopic (exact) mass is 1050 g/mol. The third-order valence-electron chi connectivity index (χ3n) is 13.4. The van der Waals surface area contributed by atoms with E-state index in [4.69, 9.17) is 24.8 Å². The third-order valence-corrected chi connectivity index (χ3v) is 13.4. The van der Waals surface area contributed by atoms with Gasteiger partial charge in [-0.1, -0.05) is 153 Å². The Bertz CT molecular complexity index is 3970. The molecular weight excluding hydrogens is 988 g/mol. The number of fused-ring (bicyclic) bond motifs is 8. The SMILES string of the molecule is [2H]c1c([2H])c([2H])c(-c2cnc(-n3c4[c-]c(Oc5[c-]c(N6[CH-]N(c7c(-c8c([2H])c([2H])c([2H])c([2H])c8[2H])cccc7-c7c([2H])c([2H])c([2H])c([2H])c7[2H])C7C8CC[C@H](C8)[C@@H]76)cc(C(C)(C)C)c5)ccc4c4ccccc43)cc2C)c([2H])c1[2H].[Pt]. The molecule has 12 rings (SSSR count). The van der Waals surface area contributed by atoms with Crippen molar-refractivity contribution in [2.24, 2.45) is 11.8 Å². The first kappa shape index (κ1) is 28.6. The van der Waals surface area contributed by atoms with Crippen molar-refractivity contribution >= 4 is 33.2 Å². The van der Waals surface area contributed by atoms with Gasteiger partial charge in [0.25, 0.3) is 0 Å². The summed E-state index contributed by atoms with van der Waals surface area (Å²) in [6.45, 7) is 10.1. The van der Waals surface area contributed by atoms with Crippen molar-refractivity contribution in [2.45, 2.75) is 64.5 Å². The van der Waals surface area contributed by atoms with Crippen molar-refractivity contribution < 1.29 is 46.4 Å². The fourth-order valence-electron chi connectivity index (χ4n) is 10.5. The Morgan fingerprint density at radius 2 is 1.29 bits per heavy atom. The quantitative estimate of drug-likeness (QED) is 0.142. The Hall–Kier alpha value is -6.42. The summed E-state index contributed by atoms with van der Waals surface area (Å²) < 4.78 is 139. The first-order valence-corrected chi connectivity index (χ1v) is 21.9. The van der Waals surface area contributed by atoms with Gasteiger partial charge in [-0.2, -0.15) is 12.7 Å². The van der Waals surface area contributed by atoms with Crippen LogP contribution in [0.2, 0.25) is 0 Å². The van der Waals surface area contributed by atoms with E-state index < -0.39 is 84.0 Å². The molecule has 0 amide bonds. The minimum Gasteiger partial charge on any atom is -0.519 e. The van der Waals surface area contributed by atoms with Crippen LogP contribution in [0.1, 0.15) is 71.7 Å². The second-order valence-electron chi connectivity index (χ2n) is 18.2. The molecule has 1 saturated heterocycles. The molecule has 3 aliphatic rings. The van der Waals surface area contributed by atoms with E-state index in [0.29, 0.717) is 45.3 Å². The van der Waals surface area contributed by atoms with E-state index in [-0.39, 0.29) is 84.9 Å².